The fourth-order valence-electron chi connectivity index (χ4n) is 2.48. The molecule has 0 fully saturated rings. The number of nitrogens with one attached hydrogen (secondary N) is 1. The summed E-state index contributed by atoms with van der Waals surface area (Å²) in [4.78, 5) is 0. The van der Waals surface area contributed by atoms with E-state index in [2.05, 4.69) is 54.2 Å². The molecule has 0 spiro atoms. The Labute approximate surface area is 135 Å². The number of benzene rings is 2. The van der Waals surface area contributed by atoms with E-state index in [9.17, 15) is 0 Å². The standard InChI is InChI=1S/C18H22BrNO/c1-5-17(20-4)14-6-8-15(9-7-14)21-16-10-12(2)18(19)13(3)11-16/h6-11,17,20H,5H2,1-4H3. The Hall–Kier alpha value is -1.32. The van der Waals surface area contributed by atoms with Crippen molar-refractivity contribution in [2.45, 2.75) is 33.2 Å². The van der Waals surface area contributed by atoms with E-state index in [1.807, 2.05) is 31.3 Å². The minimum absolute atomic E-state index is 0.399. The summed E-state index contributed by atoms with van der Waals surface area (Å²) in [6, 6.07) is 12.8. The molecule has 112 valence electrons. The molecular weight excluding hydrogens is 326 g/mol. The van der Waals surface area contributed by atoms with Crippen LogP contribution in [0.4, 0.5) is 0 Å². The van der Waals surface area contributed by atoms with Crippen molar-refractivity contribution in [1.29, 1.82) is 0 Å². The van der Waals surface area contributed by atoms with E-state index in [4.69, 9.17) is 4.74 Å². The SMILES string of the molecule is CCC(NC)c1ccc(Oc2cc(C)c(Br)c(C)c2)cc1. The molecule has 2 rings (SSSR count). The van der Waals surface area contributed by atoms with Crippen LogP contribution in [-0.4, -0.2) is 7.05 Å². The maximum Gasteiger partial charge on any atom is 0.128 e. The van der Waals surface area contributed by atoms with Crippen LogP contribution in [0.15, 0.2) is 40.9 Å². The van der Waals surface area contributed by atoms with Crippen molar-refractivity contribution in [3.63, 3.8) is 0 Å². The van der Waals surface area contributed by atoms with Crippen LogP contribution < -0.4 is 10.1 Å². The molecule has 2 aromatic carbocycles. The molecule has 1 atom stereocenters. The van der Waals surface area contributed by atoms with Crippen LogP contribution in [0, 0.1) is 13.8 Å². The van der Waals surface area contributed by atoms with Crippen molar-refractivity contribution in [1.82, 2.24) is 5.32 Å². The highest BCUT2D eigenvalue weighted by atomic mass is 79.9. The van der Waals surface area contributed by atoms with Crippen LogP contribution in [0.1, 0.15) is 36.1 Å². The maximum absolute atomic E-state index is 5.96. The highest BCUT2D eigenvalue weighted by Crippen LogP contribution is 2.30. The first-order valence-electron chi connectivity index (χ1n) is 7.27. The molecule has 1 unspecified atom stereocenters. The molecule has 0 saturated heterocycles. The predicted molar refractivity (Wildman–Crippen MR) is 92.2 cm³/mol. The predicted octanol–water partition coefficient (Wildman–Crippen LogP) is 5.53. The number of rotatable bonds is 5. The lowest BCUT2D eigenvalue weighted by Gasteiger charge is -2.15. The Bertz CT molecular complexity index is 580. The van der Waals surface area contributed by atoms with Gasteiger partial charge in [0.15, 0.2) is 0 Å². The summed E-state index contributed by atoms with van der Waals surface area (Å²) in [6.45, 7) is 6.33. The molecule has 3 heteroatoms. The van der Waals surface area contributed by atoms with Crippen molar-refractivity contribution < 1.29 is 4.74 Å². The summed E-state index contributed by atoms with van der Waals surface area (Å²) in [7, 11) is 1.99. The van der Waals surface area contributed by atoms with Crippen LogP contribution >= 0.6 is 15.9 Å². The lowest BCUT2D eigenvalue weighted by Crippen LogP contribution is -2.14. The number of halogens is 1. The van der Waals surface area contributed by atoms with E-state index in [1.54, 1.807) is 0 Å². The zero-order valence-corrected chi connectivity index (χ0v) is 14.6. The maximum atomic E-state index is 5.96. The van der Waals surface area contributed by atoms with Crippen LogP contribution in [0.5, 0.6) is 11.5 Å². The van der Waals surface area contributed by atoms with Crippen LogP contribution in [-0.2, 0) is 0 Å². The Kier molecular flexibility index (Phi) is 5.43. The largest absolute Gasteiger partial charge is 0.457 e. The van der Waals surface area contributed by atoms with Gasteiger partial charge in [0.05, 0.1) is 0 Å². The van der Waals surface area contributed by atoms with Gasteiger partial charge in [-0.05, 0) is 68.3 Å². The zero-order chi connectivity index (χ0) is 15.4. The highest BCUT2D eigenvalue weighted by molar-refractivity contribution is 9.10. The van der Waals surface area contributed by atoms with Crippen LogP contribution in [0.2, 0.25) is 0 Å². The molecule has 0 bridgehead atoms. The van der Waals surface area contributed by atoms with Gasteiger partial charge < -0.3 is 10.1 Å². The fraction of sp³-hybridized carbons (Fsp3) is 0.333. The second-order valence-electron chi connectivity index (χ2n) is 5.29. The summed E-state index contributed by atoms with van der Waals surface area (Å²) >= 11 is 3.58. The van der Waals surface area contributed by atoms with Gasteiger partial charge >= 0.3 is 0 Å². The summed E-state index contributed by atoms with van der Waals surface area (Å²) in [5.74, 6) is 1.74. The summed E-state index contributed by atoms with van der Waals surface area (Å²) in [5.41, 5.74) is 3.65. The molecule has 0 saturated carbocycles. The Morgan fingerprint density at radius 2 is 1.62 bits per heavy atom. The second kappa shape index (κ2) is 7.10. The molecule has 0 radical (unpaired) electrons. The lowest BCUT2D eigenvalue weighted by atomic mass is 10.0. The Balaban J connectivity index is 2.17. The second-order valence-corrected chi connectivity index (χ2v) is 6.08. The molecule has 0 heterocycles. The first-order valence-corrected chi connectivity index (χ1v) is 8.06. The van der Waals surface area contributed by atoms with Crippen LogP contribution in [0.25, 0.3) is 0 Å². The van der Waals surface area contributed by atoms with Crippen LogP contribution in [0.3, 0.4) is 0 Å². The number of hydrogen-bond acceptors (Lipinski definition) is 2. The summed E-state index contributed by atoms with van der Waals surface area (Å²) in [5, 5.41) is 3.31. The molecular formula is C18H22BrNO. The third-order valence-electron chi connectivity index (χ3n) is 3.68. The van der Waals surface area contributed by atoms with Crippen molar-refractivity contribution in [3.05, 3.63) is 57.6 Å². The Morgan fingerprint density at radius 3 is 2.10 bits per heavy atom. The van der Waals surface area contributed by atoms with Crippen molar-refractivity contribution in [2.75, 3.05) is 7.05 Å². The molecule has 0 aliphatic rings. The van der Waals surface area contributed by atoms with Gasteiger partial charge in [-0.1, -0.05) is 35.0 Å². The van der Waals surface area contributed by atoms with Gasteiger partial charge in [0.25, 0.3) is 0 Å². The number of ether oxygens (including phenoxy) is 1. The molecule has 2 nitrogen and oxygen atoms in total. The Morgan fingerprint density at radius 1 is 1.05 bits per heavy atom. The molecule has 2 aromatic rings. The summed E-state index contributed by atoms with van der Waals surface area (Å²) in [6.07, 6.45) is 1.07. The highest BCUT2D eigenvalue weighted by Gasteiger charge is 2.07. The fourth-order valence-corrected chi connectivity index (χ4v) is 2.70. The van der Waals surface area contributed by atoms with Gasteiger partial charge in [-0.3, -0.25) is 0 Å². The molecule has 0 aliphatic heterocycles. The normalized spacial score (nSPS) is 12.2. The number of aryl methyl sites for hydroxylation is 2. The van der Waals surface area contributed by atoms with Gasteiger partial charge in [0, 0.05) is 10.5 Å². The van der Waals surface area contributed by atoms with Crippen molar-refractivity contribution in [3.8, 4) is 11.5 Å². The lowest BCUT2D eigenvalue weighted by molar-refractivity contribution is 0.480. The molecule has 0 aliphatic carbocycles. The van der Waals surface area contributed by atoms with Gasteiger partial charge in [0.1, 0.15) is 11.5 Å². The van der Waals surface area contributed by atoms with Gasteiger partial charge in [0.2, 0.25) is 0 Å². The average Bonchev–Trinajstić information content (AvgIpc) is 2.47. The van der Waals surface area contributed by atoms with E-state index in [1.165, 1.54) is 16.7 Å². The topological polar surface area (TPSA) is 21.3 Å². The van der Waals surface area contributed by atoms with Gasteiger partial charge in [-0.2, -0.15) is 0 Å². The zero-order valence-electron chi connectivity index (χ0n) is 13.0. The van der Waals surface area contributed by atoms with E-state index in [0.717, 1.165) is 22.4 Å². The third kappa shape index (κ3) is 3.86. The monoisotopic (exact) mass is 347 g/mol. The van der Waals surface area contributed by atoms with E-state index in [-0.39, 0.29) is 0 Å². The van der Waals surface area contributed by atoms with E-state index < -0.39 is 0 Å². The quantitative estimate of drug-likeness (QED) is 0.767. The van der Waals surface area contributed by atoms with Gasteiger partial charge in [-0.15, -0.1) is 0 Å². The summed E-state index contributed by atoms with van der Waals surface area (Å²) < 4.78 is 7.10. The average molecular weight is 348 g/mol. The minimum Gasteiger partial charge on any atom is -0.457 e. The first-order chi connectivity index (χ1) is 10.0. The number of hydrogen-bond donors (Lipinski definition) is 1. The van der Waals surface area contributed by atoms with E-state index in [0.29, 0.717) is 6.04 Å². The first kappa shape index (κ1) is 16.1. The minimum atomic E-state index is 0.399. The van der Waals surface area contributed by atoms with E-state index >= 15 is 0 Å². The van der Waals surface area contributed by atoms with Gasteiger partial charge in [-0.25, -0.2) is 0 Å². The molecule has 0 amide bonds. The van der Waals surface area contributed by atoms with Crippen molar-refractivity contribution in [2.24, 2.45) is 0 Å². The van der Waals surface area contributed by atoms with Crippen molar-refractivity contribution >= 4 is 15.9 Å². The smallest absolute Gasteiger partial charge is 0.128 e. The third-order valence-corrected chi connectivity index (χ3v) is 4.94. The molecule has 1 N–H and O–H groups in total. The molecule has 21 heavy (non-hydrogen) atoms. The molecule has 0 aromatic heterocycles.